The van der Waals surface area contributed by atoms with Crippen LogP contribution in [-0.4, -0.2) is 40.1 Å². The van der Waals surface area contributed by atoms with Crippen LogP contribution in [0.15, 0.2) is 5.38 Å². The Balaban J connectivity index is 1.80. The molecule has 0 bridgehead atoms. The summed E-state index contributed by atoms with van der Waals surface area (Å²) in [6.45, 7) is 4.62. The lowest BCUT2D eigenvalue weighted by Crippen LogP contribution is -2.24. The summed E-state index contributed by atoms with van der Waals surface area (Å²) in [5, 5.41) is 3.35. The van der Waals surface area contributed by atoms with Gasteiger partial charge < -0.3 is 9.80 Å². The first-order valence-corrected chi connectivity index (χ1v) is 8.16. The molecule has 1 saturated heterocycles. The lowest BCUT2D eigenvalue weighted by molar-refractivity contribution is 0.813. The summed E-state index contributed by atoms with van der Waals surface area (Å²) in [6, 6.07) is 0. The standard InChI is InChI=1S/C13H17ClN6S/c1-9-15-10(8-21-9)7-19(2)12-16-11(14)17-13(18-12)20-5-3-4-6-20/h8H,3-7H2,1-2H3. The molecule has 3 heterocycles. The molecule has 0 spiro atoms. The Morgan fingerprint density at radius 2 is 2.00 bits per heavy atom. The smallest absolute Gasteiger partial charge is 0.231 e. The van der Waals surface area contributed by atoms with E-state index in [0.29, 0.717) is 18.4 Å². The van der Waals surface area contributed by atoms with E-state index in [4.69, 9.17) is 11.6 Å². The molecule has 0 unspecified atom stereocenters. The van der Waals surface area contributed by atoms with Gasteiger partial charge in [-0.3, -0.25) is 0 Å². The highest BCUT2D eigenvalue weighted by atomic mass is 35.5. The number of hydrogen-bond acceptors (Lipinski definition) is 7. The van der Waals surface area contributed by atoms with Gasteiger partial charge in [0.1, 0.15) is 0 Å². The van der Waals surface area contributed by atoms with Gasteiger partial charge in [-0.15, -0.1) is 11.3 Å². The fourth-order valence-corrected chi connectivity index (χ4v) is 3.11. The van der Waals surface area contributed by atoms with Crippen LogP contribution in [0.4, 0.5) is 11.9 Å². The Labute approximate surface area is 132 Å². The van der Waals surface area contributed by atoms with Gasteiger partial charge in [0.2, 0.25) is 17.2 Å². The summed E-state index contributed by atoms with van der Waals surface area (Å²) < 4.78 is 0. The van der Waals surface area contributed by atoms with Gasteiger partial charge >= 0.3 is 0 Å². The van der Waals surface area contributed by atoms with E-state index >= 15 is 0 Å². The average molecular weight is 325 g/mol. The van der Waals surface area contributed by atoms with Gasteiger partial charge in [0, 0.05) is 25.5 Å². The van der Waals surface area contributed by atoms with Gasteiger partial charge in [-0.2, -0.15) is 15.0 Å². The second-order valence-electron chi connectivity index (χ2n) is 5.11. The first kappa shape index (κ1) is 14.5. The summed E-state index contributed by atoms with van der Waals surface area (Å²) in [6.07, 6.45) is 2.35. The van der Waals surface area contributed by atoms with Crippen molar-refractivity contribution in [1.82, 2.24) is 19.9 Å². The number of halogens is 1. The van der Waals surface area contributed by atoms with Crippen molar-refractivity contribution in [3.63, 3.8) is 0 Å². The van der Waals surface area contributed by atoms with Gasteiger partial charge in [0.25, 0.3) is 0 Å². The van der Waals surface area contributed by atoms with Gasteiger partial charge in [-0.1, -0.05) is 0 Å². The first-order chi connectivity index (χ1) is 10.1. The lowest BCUT2D eigenvalue weighted by Gasteiger charge is -2.19. The van der Waals surface area contributed by atoms with Crippen molar-refractivity contribution in [3.05, 3.63) is 21.4 Å². The summed E-state index contributed by atoms with van der Waals surface area (Å²) >= 11 is 7.69. The van der Waals surface area contributed by atoms with E-state index < -0.39 is 0 Å². The van der Waals surface area contributed by atoms with Crippen molar-refractivity contribution in [1.29, 1.82) is 0 Å². The van der Waals surface area contributed by atoms with Gasteiger partial charge in [0.05, 0.1) is 17.2 Å². The van der Waals surface area contributed by atoms with Gasteiger partial charge in [-0.05, 0) is 31.4 Å². The maximum Gasteiger partial charge on any atom is 0.231 e. The van der Waals surface area contributed by atoms with Crippen LogP contribution < -0.4 is 9.80 Å². The zero-order chi connectivity index (χ0) is 14.8. The van der Waals surface area contributed by atoms with E-state index in [1.165, 1.54) is 12.8 Å². The molecule has 0 atom stereocenters. The summed E-state index contributed by atoms with van der Waals surface area (Å²) in [5.74, 6) is 1.26. The Morgan fingerprint density at radius 3 is 2.67 bits per heavy atom. The minimum atomic E-state index is 0.239. The quantitative estimate of drug-likeness (QED) is 0.861. The molecular formula is C13H17ClN6S. The third-order valence-electron chi connectivity index (χ3n) is 3.38. The predicted molar refractivity (Wildman–Crippen MR) is 85.2 cm³/mol. The fourth-order valence-electron chi connectivity index (χ4n) is 2.35. The molecule has 1 aliphatic rings. The number of aryl methyl sites for hydroxylation is 1. The minimum absolute atomic E-state index is 0.239. The molecule has 0 N–H and O–H groups in total. The number of rotatable bonds is 4. The van der Waals surface area contributed by atoms with Crippen molar-refractivity contribution in [2.75, 3.05) is 29.9 Å². The normalized spacial score (nSPS) is 14.7. The summed E-state index contributed by atoms with van der Waals surface area (Å²) in [7, 11) is 1.94. The highest BCUT2D eigenvalue weighted by molar-refractivity contribution is 7.09. The van der Waals surface area contributed by atoms with E-state index in [2.05, 4.69) is 30.2 Å². The third kappa shape index (κ3) is 3.41. The lowest BCUT2D eigenvalue weighted by atomic mass is 10.4. The number of hydrogen-bond donors (Lipinski definition) is 0. The van der Waals surface area contributed by atoms with E-state index in [0.717, 1.165) is 23.8 Å². The zero-order valence-corrected chi connectivity index (χ0v) is 13.7. The maximum absolute atomic E-state index is 6.05. The molecule has 1 fully saturated rings. The largest absolute Gasteiger partial charge is 0.341 e. The van der Waals surface area contributed by atoms with Crippen LogP contribution in [0.5, 0.6) is 0 Å². The Morgan fingerprint density at radius 1 is 1.24 bits per heavy atom. The topological polar surface area (TPSA) is 58.0 Å². The van der Waals surface area contributed by atoms with E-state index in [9.17, 15) is 0 Å². The average Bonchev–Trinajstić information content (AvgIpc) is 3.10. The maximum atomic E-state index is 6.05. The molecule has 8 heteroatoms. The van der Waals surface area contributed by atoms with Crippen molar-refractivity contribution in [2.24, 2.45) is 0 Å². The van der Waals surface area contributed by atoms with Crippen LogP contribution in [0.1, 0.15) is 23.5 Å². The zero-order valence-electron chi connectivity index (χ0n) is 12.1. The molecule has 2 aromatic heterocycles. The monoisotopic (exact) mass is 324 g/mol. The molecule has 0 radical (unpaired) electrons. The molecule has 6 nitrogen and oxygen atoms in total. The van der Waals surface area contributed by atoms with Crippen molar-refractivity contribution >= 4 is 34.8 Å². The SMILES string of the molecule is Cc1nc(CN(C)c2nc(Cl)nc(N3CCCC3)n2)cs1. The Kier molecular flexibility index (Phi) is 4.21. The molecule has 21 heavy (non-hydrogen) atoms. The number of anilines is 2. The molecule has 3 rings (SSSR count). The third-order valence-corrected chi connectivity index (χ3v) is 4.37. The van der Waals surface area contributed by atoms with Crippen LogP contribution in [0.25, 0.3) is 0 Å². The highest BCUT2D eigenvalue weighted by Gasteiger charge is 2.18. The molecule has 2 aromatic rings. The van der Waals surface area contributed by atoms with Crippen molar-refractivity contribution in [3.8, 4) is 0 Å². The van der Waals surface area contributed by atoms with E-state index in [1.54, 1.807) is 11.3 Å². The first-order valence-electron chi connectivity index (χ1n) is 6.90. The van der Waals surface area contributed by atoms with Crippen molar-refractivity contribution < 1.29 is 0 Å². The van der Waals surface area contributed by atoms with Gasteiger partial charge in [0.15, 0.2) is 0 Å². The second-order valence-corrected chi connectivity index (χ2v) is 6.51. The number of thiazole rings is 1. The number of aromatic nitrogens is 4. The Bertz CT molecular complexity index is 625. The summed E-state index contributed by atoms with van der Waals surface area (Å²) in [5.41, 5.74) is 1.01. The van der Waals surface area contributed by atoms with E-state index in [1.807, 2.05) is 18.9 Å². The molecule has 0 aliphatic carbocycles. The molecule has 0 amide bonds. The molecular weight excluding hydrogens is 308 g/mol. The van der Waals surface area contributed by atoms with Gasteiger partial charge in [-0.25, -0.2) is 4.98 Å². The predicted octanol–water partition coefficient (Wildman–Crippen LogP) is 2.53. The Hall–Kier alpha value is -1.47. The summed E-state index contributed by atoms with van der Waals surface area (Å²) in [4.78, 5) is 21.6. The molecule has 1 aliphatic heterocycles. The molecule has 0 saturated carbocycles. The second kappa shape index (κ2) is 6.11. The molecule has 0 aromatic carbocycles. The van der Waals surface area contributed by atoms with Crippen LogP contribution in [0, 0.1) is 6.92 Å². The van der Waals surface area contributed by atoms with Crippen LogP contribution in [0.2, 0.25) is 5.28 Å². The van der Waals surface area contributed by atoms with E-state index in [-0.39, 0.29) is 5.28 Å². The molecule has 112 valence electrons. The highest BCUT2D eigenvalue weighted by Crippen LogP contribution is 2.21. The fraction of sp³-hybridized carbons (Fsp3) is 0.538. The van der Waals surface area contributed by atoms with Crippen molar-refractivity contribution in [2.45, 2.75) is 26.3 Å². The van der Waals surface area contributed by atoms with Crippen LogP contribution in [-0.2, 0) is 6.54 Å². The van der Waals surface area contributed by atoms with Crippen LogP contribution in [0.3, 0.4) is 0 Å². The minimum Gasteiger partial charge on any atom is -0.341 e. The van der Waals surface area contributed by atoms with Crippen LogP contribution >= 0.6 is 22.9 Å². The number of nitrogens with zero attached hydrogens (tertiary/aromatic N) is 6.